The summed E-state index contributed by atoms with van der Waals surface area (Å²) in [5, 5.41) is 3.22. The maximum Gasteiger partial charge on any atom is 0.257 e. The topological polar surface area (TPSA) is 75.1 Å². The highest BCUT2D eigenvalue weighted by Crippen LogP contribution is 2.14. The monoisotopic (exact) mass is 296 g/mol. The van der Waals surface area contributed by atoms with Crippen LogP contribution in [-0.4, -0.2) is 10.9 Å². The van der Waals surface area contributed by atoms with Gasteiger partial charge < -0.3 is 14.7 Å². The van der Waals surface area contributed by atoms with Gasteiger partial charge in [0.15, 0.2) is 0 Å². The van der Waals surface area contributed by atoms with Crippen molar-refractivity contribution in [2.75, 3.05) is 0 Å². The minimum absolute atomic E-state index is 0.104. The Morgan fingerprint density at radius 3 is 2.86 bits per heavy atom. The maximum absolute atomic E-state index is 12.5. The summed E-state index contributed by atoms with van der Waals surface area (Å²) in [4.78, 5) is 27.8. The van der Waals surface area contributed by atoms with Crippen molar-refractivity contribution in [3.63, 3.8) is 0 Å². The highest BCUT2D eigenvalue weighted by atomic mass is 16.3. The largest absolute Gasteiger partial charge is 0.467 e. The van der Waals surface area contributed by atoms with Gasteiger partial charge in [0.2, 0.25) is 5.43 Å². The molecule has 2 N–H and O–H groups in total. The van der Waals surface area contributed by atoms with Gasteiger partial charge >= 0.3 is 0 Å². The first-order valence-corrected chi connectivity index (χ1v) is 7.14. The van der Waals surface area contributed by atoms with E-state index in [1.54, 1.807) is 18.2 Å². The SMILES string of the molecule is CCc1cccc2c(=O)c(C(=O)NCc3ccco3)c[nH]c12. The van der Waals surface area contributed by atoms with Crippen LogP contribution < -0.4 is 10.7 Å². The van der Waals surface area contributed by atoms with Crippen molar-refractivity contribution in [1.29, 1.82) is 0 Å². The van der Waals surface area contributed by atoms with Crippen LogP contribution in [0.15, 0.2) is 52.0 Å². The third-order valence-corrected chi connectivity index (χ3v) is 3.63. The van der Waals surface area contributed by atoms with E-state index in [0.717, 1.165) is 17.5 Å². The molecule has 0 spiro atoms. The van der Waals surface area contributed by atoms with Gasteiger partial charge in [-0.05, 0) is 30.2 Å². The maximum atomic E-state index is 12.5. The summed E-state index contributed by atoms with van der Waals surface area (Å²) in [7, 11) is 0. The van der Waals surface area contributed by atoms with Crippen LogP contribution in [0.5, 0.6) is 0 Å². The number of carbonyl (C=O) groups is 1. The number of aromatic amines is 1. The molecular weight excluding hydrogens is 280 g/mol. The summed E-state index contributed by atoms with van der Waals surface area (Å²) in [6, 6.07) is 9.04. The molecule has 1 amide bonds. The van der Waals surface area contributed by atoms with Crippen molar-refractivity contribution >= 4 is 16.8 Å². The summed E-state index contributed by atoms with van der Waals surface area (Å²) >= 11 is 0. The summed E-state index contributed by atoms with van der Waals surface area (Å²) in [5.41, 5.74) is 1.68. The Balaban J connectivity index is 1.92. The number of carbonyl (C=O) groups excluding carboxylic acids is 1. The lowest BCUT2D eigenvalue weighted by Gasteiger charge is -2.07. The third-order valence-electron chi connectivity index (χ3n) is 3.63. The van der Waals surface area contributed by atoms with Gasteiger partial charge in [0.1, 0.15) is 11.3 Å². The smallest absolute Gasteiger partial charge is 0.257 e. The lowest BCUT2D eigenvalue weighted by atomic mass is 10.1. The molecule has 112 valence electrons. The van der Waals surface area contributed by atoms with E-state index in [1.807, 2.05) is 19.1 Å². The zero-order chi connectivity index (χ0) is 15.5. The number of pyridine rings is 1. The molecule has 0 bridgehead atoms. The first-order valence-electron chi connectivity index (χ1n) is 7.14. The first-order chi connectivity index (χ1) is 10.7. The van der Waals surface area contributed by atoms with Gasteiger partial charge in [0.05, 0.1) is 18.3 Å². The summed E-state index contributed by atoms with van der Waals surface area (Å²) in [6.45, 7) is 2.27. The molecule has 0 unspecified atom stereocenters. The standard InChI is InChI=1S/C17H16N2O3/c1-2-11-5-3-7-13-15(11)18-10-14(16(13)20)17(21)19-9-12-6-4-8-22-12/h3-8,10H,2,9H2,1H3,(H,18,20)(H,19,21). The molecule has 0 saturated heterocycles. The fraction of sp³-hybridized carbons (Fsp3) is 0.176. The van der Waals surface area contributed by atoms with Gasteiger partial charge in [-0.3, -0.25) is 9.59 Å². The number of benzene rings is 1. The molecule has 0 aliphatic carbocycles. The molecule has 0 saturated carbocycles. The molecule has 3 rings (SSSR count). The zero-order valence-corrected chi connectivity index (χ0v) is 12.2. The highest BCUT2D eigenvalue weighted by Gasteiger charge is 2.14. The third kappa shape index (κ3) is 2.53. The minimum atomic E-state index is -0.415. The summed E-state index contributed by atoms with van der Waals surface area (Å²) in [6.07, 6.45) is 3.83. The van der Waals surface area contributed by atoms with Crippen LogP contribution in [0, 0.1) is 0 Å². The van der Waals surface area contributed by atoms with E-state index in [9.17, 15) is 9.59 Å². The second-order valence-electron chi connectivity index (χ2n) is 4.99. The van der Waals surface area contributed by atoms with Gasteiger partial charge in [-0.1, -0.05) is 19.1 Å². The van der Waals surface area contributed by atoms with Gasteiger partial charge in [-0.15, -0.1) is 0 Å². The van der Waals surface area contributed by atoms with Crippen LogP contribution in [0.4, 0.5) is 0 Å². The van der Waals surface area contributed by atoms with E-state index in [-0.39, 0.29) is 17.5 Å². The number of hydrogen-bond acceptors (Lipinski definition) is 3. The predicted molar refractivity (Wildman–Crippen MR) is 83.8 cm³/mol. The highest BCUT2D eigenvalue weighted by molar-refractivity contribution is 5.97. The fourth-order valence-corrected chi connectivity index (χ4v) is 2.45. The van der Waals surface area contributed by atoms with E-state index in [0.29, 0.717) is 11.1 Å². The number of nitrogens with one attached hydrogen (secondary N) is 2. The number of hydrogen-bond donors (Lipinski definition) is 2. The second kappa shape index (κ2) is 5.89. The number of furan rings is 1. The van der Waals surface area contributed by atoms with Gasteiger partial charge in [0, 0.05) is 11.6 Å². The van der Waals surface area contributed by atoms with Gasteiger partial charge in [-0.25, -0.2) is 0 Å². The fourth-order valence-electron chi connectivity index (χ4n) is 2.45. The van der Waals surface area contributed by atoms with Crippen molar-refractivity contribution in [3.8, 4) is 0 Å². The Bertz CT molecular complexity index is 863. The average Bonchev–Trinajstić information content (AvgIpc) is 3.06. The first kappa shape index (κ1) is 14.1. The van der Waals surface area contributed by atoms with Gasteiger partial charge in [-0.2, -0.15) is 0 Å². The Labute approximate surface area is 127 Å². The van der Waals surface area contributed by atoms with Crippen LogP contribution in [0.3, 0.4) is 0 Å². The molecule has 2 aromatic heterocycles. The Hall–Kier alpha value is -2.82. The molecule has 0 aliphatic heterocycles. The van der Waals surface area contributed by atoms with Crippen molar-refractivity contribution in [1.82, 2.24) is 10.3 Å². The van der Waals surface area contributed by atoms with Crippen LogP contribution in [0.2, 0.25) is 0 Å². The average molecular weight is 296 g/mol. The lowest BCUT2D eigenvalue weighted by molar-refractivity contribution is 0.0947. The Morgan fingerprint density at radius 2 is 2.14 bits per heavy atom. The Kier molecular flexibility index (Phi) is 3.78. The molecule has 5 nitrogen and oxygen atoms in total. The van der Waals surface area contributed by atoms with E-state index in [2.05, 4.69) is 10.3 Å². The number of aromatic nitrogens is 1. The van der Waals surface area contributed by atoms with Crippen molar-refractivity contribution in [2.24, 2.45) is 0 Å². The van der Waals surface area contributed by atoms with Crippen molar-refractivity contribution < 1.29 is 9.21 Å². The molecule has 0 atom stereocenters. The van der Waals surface area contributed by atoms with Crippen LogP contribution >= 0.6 is 0 Å². The number of H-pyrrole nitrogens is 1. The Morgan fingerprint density at radius 1 is 1.27 bits per heavy atom. The number of amides is 1. The number of rotatable bonds is 4. The number of aryl methyl sites for hydroxylation is 1. The normalized spacial score (nSPS) is 10.8. The lowest BCUT2D eigenvalue weighted by Crippen LogP contribution is -2.28. The molecule has 2 heterocycles. The van der Waals surface area contributed by atoms with Crippen molar-refractivity contribution in [2.45, 2.75) is 19.9 Å². The van der Waals surface area contributed by atoms with E-state index in [1.165, 1.54) is 12.5 Å². The van der Waals surface area contributed by atoms with Crippen molar-refractivity contribution in [3.05, 3.63) is 69.9 Å². The predicted octanol–water partition coefficient (Wildman–Crippen LogP) is 2.61. The van der Waals surface area contributed by atoms with E-state index >= 15 is 0 Å². The summed E-state index contributed by atoms with van der Waals surface area (Å²) in [5.74, 6) is 0.222. The zero-order valence-electron chi connectivity index (χ0n) is 12.2. The van der Waals surface area contributed by atoms with E-state index in [4.69, 9.17) is 4.42 Å². The molecule has 1 aromatic carbocycles. The van der Waals surface area contributed by atoms with Crippen LogP contribution in [0.25, 0.3) is 10.9 Å². The number of fused-ring (bicyclic) bond motifs is 1. The molecule has 22 heavy (non-hydrogen) atoms. The number of para-hydroxylation sites is 1. The van der Waals surface area contributed by atoms with E-state index < -0.39 is 5.91 Å². The molecule has 5 heteroatoms. The quantitative estimate of drug-likeness (QED) is 0.777. The molecule has 0 aliphatic rings. The van der Waals surface area contributed by atoms with Gasteiger partial charge in [0.25, 0.3) is 5.91 Å². The molecule has 0 fully saturated rings. The minimum Gasteiger partial charge on any atom is -0.467 e. The van der Waals surface area contributed by atoms with Crippen LogP contribution in [-0.2, 0) is 13.0 Å². The molecule has 3 aromatic rings. The second-order valence-corrected chi connectivity index (χ2v) is 4.99. The molecule has 0 radical (unpaired) electrons. The van der Waals surface area contributed by atoms with Crippen LogP contribution in [0.1, 0.15) is 28.6 Å². The molecular formula is C17H16N2O3. The summed E-state index contributed by atoms with van der Waals surface area (Å²) < 4.78 is 5.15.